The smallest absolute Gasteiger partial charge is 0.424 e. The number of ether oxygens (including phenoxy) is 1. The average Bonchev–Trinajstić information content (AvgIpc) is 2.81. The van der Waals surface area contributed by atoms with E-state index in [0.717, 1.165) is 0 Å². The minimum absolute atomic E-state index is 0.00808. The third kappa shape index (κ3) is 2.36. The maximum absolute atomic E-state index is 12.3. The van der Waals surface area contributed by atoms with Crippen LogP contribution in [-0.4, -0.2) is 16.6 Å². The largest absolute Gasteiger partial charge is 0.497 e. The van der Waals surface area contributed by atoms with Gasteiger partial charge < -0.3 is 9.15 Å². The second kappa shape index (κ2) is 5.28. The first kappa shape index (κ1) is 14.8. The van der Waals surface area contributed by atoms with E-state index >= 15 is 0 Å². The fraction of sp³-hybridized carbons (Fsp3) is 0.188. The van der Waals surface area contributed by atoms with E-state index in [1.807, 2.05) is 0 Å². The molecule has 0 fully saturated rings. The normalized spacial score (nSPS) is 10.9. The molecular formula is C16H14N2O5. The van der Waals surface area contributed by atoms with Crippen molar-refractivity contribution in [3.8, 4) is 11.4 Å². The summed E-state index contributed by atoms with van der Waals surface area (Å²) in [6.45, 7) is 3.45. The fourth-order valence-corrected chi connectivity index (χ4v) is 2.73. The van der Waals surface area contributed by atoms with Gasteiger partial charge in [0.2, 0.25) is 0 Å². The number of hydrogen-bond donors (Lipinski definition) is 0. The van der Waals surface area contributed by atoms with Crippen LogP contribution in [0.1, 0.15) is 11.1 Å². The predicted molar refractivity (Wildman–Crippen MR) is 84.5 cm³/mol. The zero-order chi connectivity index (χ0) is 16.7. The SMILES string of the molecule is COc1ccc2c(c1)oc(=O)n2-c1c(C)cc([N+](=O)[O-])cc1C. The summed E-state index contributed by atoms with van der Waals surface area (Å²) in [5.74, 6) is 0.0313. The van der Waals surface area contributed by atoms with E-state index in [9.17, 15) is 14.9 Å². The lowest BCUT2D eigenvalue weighted by atomic mass is 10.1. The molecule has 23 heavy (non-hydrogen) atoms. The number of aromatic nitrogens is 1. The Balaban J connectivity index is 2.31. The highest BCUT2D eigenvalue weighted by Crippen LogP contribution is 2.28. The molecular weight excluding hydrogens is 300 g/mol. The second-order valence-corrected chi connectivity index (χ2v) is 5.22. The van der Waals surface area contributed by atoms with Gasteiger partial charge in [0.05, 0.1) is 23.2 Å². The van der Waals surface area contributed by atoms with Crippen molar-refractivity contribution in [2.45, 2.75) is 13.8 Å². The number of nitro groups is 1. The number of aryl methyl sites for hydroxylation is 2. The summed E-state index contributed by atoms with van der Waals surface area (Å²) < 4.78 is 11.8. The van der Waals surface area contributed by atoms with Crippen LogP contribution in [-0.2, 0) is 0 Å². The Morgan fingerprint density at radius 2 is 1.83 bits per heavy atom. The number of oxazole rings is 1. The summed E-state index contributed by atoms with van der Waals surface area (Å²) >= 11 is 0. The molecule has 0 unspecified atom stereocenters. The maximum Gasteiger partial charge on any atom is 0.424 e. The fourth-order valence-electron chi connectivity index (χ4n) is 2.73. The highest BCUT2D eigenvalue weighted by molar-refractivity contribution is 5.77. The molecule has 0 spiro atoms. The molecule has 0 saturated heterocycles. The molecule has 7 nitrogen and oxygen atoms in total. The van der Waals surface area contributed by atoms with E-state index in [4.69, 9.17) is 9.15 Å². The summed E-state index contributed by atoms with van der Waals surface area (Å²) in [4.78, 5) is 22.8. The van der Waals surface area contributed by atoms with Crippen LogP contribution in [0.2, 0.25) is 0 Å². The van der Waals surface area contributed by atoms with Gasteiger partial charge in [0, 0.05) is 18.2 Å². The van der Waals surface area contributed by atoms with Crippen LogP contribution in [0.5, 0.6) is 5.75 Å². The molecule has 0 aliphatic carbocycles. The lowest BCUT2D eigenvalue weighted by molar-refractivity contribution is -0.384. The molecule has 0 aliphatic heterocycles. The molecule has 0 amide bonds. The van der Waals surface area contributed by atoms with Crippen molar-refractivity contribution in [3.05, 3.63) is 62.1 Å². The van der Waals surface area contributed by atoms with Gasteiger partial charge in [-0.2, -0.15) is 0 Å². The van der Waals surface area contributed by atoms with Crippen LogP contribution in [0.3, 0.4) is 0 Å². The van der Waals surface area contributed by atoms with E-state index < -0.39 is 10.7 Å². The van der Waals surface area contributed by atoms with Crippen LogP contribution in [0.15, 0.2) is 39.5 Å². The van der Waals surface area contributed by atoms with Crippen LogP contribution in [0, 0.1) is 24.0 Å². The van der Waals surface area contributed by atoms with Gasteiger partial charge in [0.15, 0.2) is 5.58 Å². The van der Waals surface area contributed by atoms with E-state index in [2.05, 4.69) is 0 Å². The molecule has 0 bridgehead atoms. The van der Waals surface area contributed by atoms with Crippen molar-refractivity contribution in [3.63, 3.8) is 0 Å². The monoisotopic (exact) mass is 314 g/mol. The number of methoxy groups -OCH3 is 1. The number of fused-ring (bicyclic) bond motifs is 1. The van der Waals surface area contributed by atoms with Gasteiger partial charge in [-0.05, 0) is 37.1 Å². The molecule has 0 aliphatic rings. The van der Waals surface area contributed by atoms with E-state index in [-0.39, 0.29) is 5.69 Å². The van der Waals surface area contributed by atoms with Crippen LogP contribution in [0.4, 0.5) is 5.69 Å². The summed E-state index contributed by atoms with van der Waals surface area (Å²) in [6.07, 6.45) is 0. The summed E-state index contributed by atoms with van der Waals surface area (Å²) in [5, 5.41) is 11.0. The molecule has 0 saturated carbocycles. The lowest BCUT2D eigenvalue weighted by Crippen LogP contribution is -2.14. The van der Waals surface area contributed by atoms with Crippen LogP contribution < -0.4 is 10.5 Å². The Bertz CT molecular complexity index is 961. The van der Waals surface area contributed by atoms with Crippen LogP contribution in [0.25, 0.3) is 16.8 Å². The zero-order valence-corrected chi connectivity index (χ0v) is 12.8. The van der Waals surface area contributed by atoms with Crippen molar-refractivity contribution in [1.82, 2.24) is 4.57 Å². The summed E-state index contributed by atoms with van der Waals surface area (Å²) in [7, 11) is 1.53. The topological polar surface area (TPSA) is 87.5 Å². The van der Waals surface area contributed by atoms with Gasteiger partial charge in [-0.1, -0.05) is 0 Å². The van der Waals surface area contributed by atoms with Crippen molar-refractivity contribution >= 4 is 16.8 Å². The number of benzene rings is 2. The second-order valence-electron chi connectivity index (χ2n) is 5.22. The summed E-state index contributed by atoms with van der Waals surface area (Å²) in [5.41, 5.74) is 2.80. The van der Waals surface area contributed by atoms with E-state index in [1.165, 1.54) is 23.8 Å². The van der Waals surface area contributed by atoms with Crippen molar-refractivity contribution in [2.24, 2.45) is 0 Å². The number of nitrogens with zero attached hydrogens (tertiary/aromatic N) is 2. The van der Waals surface area contributed by atoms with Gasteiger partial charge in [-0.3, -0.25) is 10.1 Å². The Morgan fingerprint density at radius 1 is 1.17 bits per heavy atom. The van der Waals surface area contributed by atoms with Gasteiger partial charge in [0.1, 0.15) is 5.75 Å². The van der Waals surface area contributed by atoms with Crippen molar-refractivity contribution in [1.29, 1.82) is 0 Å². The first-order chi connectivity index (χ1) is 10.9. The van der Waals surface area contributed by atoms with E-state index in [0.29, 0.717) is 33.7 Å². The molecule has 118 valence electrons. The molecule has 7 heteroatoms. The Morgan fingerprint density at radius 3 is 2.39 bits per heavy atom. The molecule has 3 rings (SSSR count). The molecule has 0 atom stereocenters. The third-order valence-corrected chi connectivity index (χ3v) is 3.70. The van der Waals surface area contributed by atoms with Crippen molar-refractivity contribution < 1.29 is 14.1 Å². The zero-order valence-electron chi connectivity index (χ0n) is 12.8. The van der Waals surface area contributed by atoms with Crippen molar-refractivity contribution in [2.75, 3.05) is 7.11 Å². The Kier molecular flexibility index (Phi) is 3.40. The van der Waals surface area contributed by atoms with Gasteiger partial charge >= 0.3 is 5.76 Å². The minimum atomic E-state index is -0.548. The number of hydrogen-bond acceptors (Lipinski definition) is 5. The molecule has 0 N–H and O–H groups in total. The number of non-ortho nitro benzene ring substituents is 1. The first-order valence-electron chi connectivity index (χ1n) is 6.88. The highest BCUT2D eigenvalue weighted by atomic mass is 16.6. The van der Waals surface area contributed by atoms with Crippen LogP contribution >= 0.6 is 0 Å². The molecule has 2 aromatic carbocycles. The summed E-state index contributed by atoms with van der Waals surface area (Å²) in [6, 6.07) is 7.96. The maximum atomic E-state index is 12.3. The first-order valence-corrected chi connectivity index (χ1v) is 6.88. The molecule has 1 aromatic heterocycles. The number of rotatable bonds is 3. The highest BCUT2D eigenvalue weighted by Gasteiger charge is 2.18. The standard InChI is InChI=1S/C16H14N2O5/c1-9-6-11(18(20)21)7-10(2)15(9)17-13-5-4-12(22-3)8-14(13)23-16(17)19/h4-8H,1-3H3. The predicted octanol–water partition coefficient (Wildman–Crippen LogP) is 3.12. The number of nitro benzene ring substituents is 1. The molecule has 1 heterocycles. The van der Waals surface area contributed by atoms with Gasteiger partial charge in [-0.15, -0.1) is 0 Å². The quantitative estimate of drug-likeness (QED) is 0.547. The van der Waals surface area contributed by atoms with Gasteiger partial charge in [-0.25, -0.2) is 9.36 Å². The van der Waals surface area contributed by atoms with Gasteiger partial charge in [0.25, 0.3) is 5.69 Å². The average molecular weight is 314 g/mol. The lowest BCUT2D eigenvalue weighted by Gasteiger charge is -2.10. The Hall–Kier alpha value is -3.09. The van der Waals surface area contributed by atoms with E-state index in [1.54, 1.807) is 32.0 Å². The minimum Gasteiger partial charge on any atom is -0.497 e. The Labute approximate surface area is 130 Å². The third-order valence-electron chi connectivity index (χ3n) is 3.70. The molecule has 0 radical (unpaired) electrons. The molecule has 3 aromatic rings.